The van der Waals surface area contributed by atoms with E-state index in [0.29, 0.717) is 30.6 Å². The van der Waals surface area contributed by atoms with Crippen molar-refractivity contribution in [2.24, 2.45) is 29.6 Å². The molecule has 6 N–H and O–H groups in total. The molecule has 4 aliphatic rings. The molecule has 508 valence electrons. The summed E-state index contributed by atoms with van der Waals surface area (Å²) in [4.78, 5) is 176. The Morgan fingerprint density at radius 1 is 0.802 bits per heavy atom. The molecule has 4 aliphatic heterocycles. The number of hydrogen-bond donors (Lipinski definition) is 6. The second-order valence-corrected chi connectivity index (χ2v) is 26.6. The molecule has 26 nitrogen and oxygen atoms in total. The van der Waals surface area contributed by atoms with E-state index in [1.54, 1.807) is 52.0 Å². The van der Waals surface area contributed by atoms with Crippen LogP contribution in [0.4, 0.5) is 0 Å². The first kappa shape index (κ1) is 74.3. The second-order valence-electron chi connectivity index (χ2n) is 26.6. The molecule has 4 fully saturated rings. The topological polar surface area (TPSA) is 335 Å². The number of fused-ring (bicyclic) bond motifs is 1. The highest BCUT2D eigenvalue weighted by Gasteiger charge is 2.46. The van der Waals surface area contributed by atoms with Gasteiger partial charge >= 0.3 is 17.9 Å². The first-order valence-electron chi connectivity index (χ1n) is 32.3. The van der Waals surface area contributed by atoms with E-state index in [-0.39, 0.29) is 88.1 Å². The van der Waals surface area contributed by atoms with Gasteiger partial charge in [0.05, 0.1) is 25.7 Å². The summed E-state index contributed by atoms with van der Waals surface area (Å²) in [7, 11) is 4.28. The van der Waals surface area contributed by atoms with Crippen molar-refractivity contribution in [2.45, 2.75) is 239 Å². The van der Waals surface area contributed by atoms with E-state index in [4.69, 9.17) is 18.9 Å². The van der Waals surface area contributed by atoms with Crippen molar-refractivity contribution in [3.63, 3.8) is 0 Å². The van der Waals surface area contributed by atoms with E-state index in [1.807, 2.05) is 41.5 Å². The van der Waals surface area contributed by atoms with Crippen molar-refractivity contribution < 1.29 is 81.6 Å². The minimum atomic E-state index is -1.80. The number of carbonyl (C=O) groups is 12. The molecule has 1 unspecified atom stereocenters. The zero-order valence-electron chi connectivity index (χ0n) is 55.9. The highest BCUT2D eigenvalue weighted by Crippen LogP contribution is 2.28. The van der Waals surface area contributed by atoms with Gasteiger partial charge in [-0.25, -0.2) is 9.59 Å². The van der Waals surface area contributed by atoms with Gasteiger partial charge < -0.3 is 70.2 Å². The van der Waals surface area contributed by atoms with Crippen LogP contribution in [-0.4, -0.2) is 209 Å². The number of cyclic esters (lactones) is 2. The van der Waals surface area contributed by atoms with Gasteiger partial charge in [-0.2, -0.15) is 0 Å². The molecule has 1 aromatic rings. The van der Waals surface area contributed by atoms with Crippen LogP contribution in [0.3, 0.4) is 0 Å². The molecular weight excluding hydrogens is 1180 g/mol. The summed E-state index contributed by atoms with van der Waals surface area (Å²) in [5.74, 6) is -10.1. The van der Waals surface area contributed by atoms with Crippen LogP contribution >= 0.6 is 0 Å². The largest absolute Gasteiger partial charge is 0.497 e. The average Bonchev–Trinajstić information content (AvgIpc) is 1.88. The highest BCUT2D eigenvalue weighted by atomic mass is 16.6. The number of aliphatic hydroxyl groups excluding tert-OH is 1. The molecule has 91 heavy (non-hydrogen) atoms. The Labute approximate surface area is 535 Å². The molecule has 0 saturated carbocycles. The van der Waals surface area contributed by atoms with Crippen molar-refractivity contribution >= 4 is 71.1 Å². The zero-order valence-corrected chi connectivity index (χ0v) is 55.9. The van der Waals surface area contributed by atoms with E-state index >= 15 is 14.4 Å². The Hall–Kier alpha value is -7.38. The Morgan fingerprint density at radius 3 is 2.03 bits per heavy atom. The van der Waals surface area contributed by atoms with Crippen LogP contribution in [0, 0.1) is 29.6 Å². The van der Waals surface area contributed by atoms with Gasteiger partial charge in [-0.15, -0.1) is 0 Å². The fraction of sp³-hybridized carbons (Fsp3) is 0.723. The number of likely N-dealkylation sites (tertiary alicyclic amines) is 1. The van der Waals surface area contributed by atoms with Crippen molar-refractivity contribution in [3.8, 4) is 5.75 Å². The van der Waals surface area contributed by atoms with Crippen molar-refractivity contribution in [2.75, 3.05) is 34.3 Å². The van der Waals surface area contributed by atoms with Crippen molar-refractivity contribution in [1.29, 1.82) is 0 Å². The number of rotatable bonds is 21. The van der Waals surface area contributed by atoms with E-state index < -0.39 is 162 Å². The number of ether oxygens (including phenoxy) is 4. The second kappa shape index (κ2) is 33.8. The maximum atomic E-state index is 15.2. The van der Waals surface area contributed by atoms with E-state index in [0.717, 1.165) is 0 Å². The average molecular weight is 1280 g/mol. The smallest absolute Gasteiger partial charge is 0.329 e. The first-order valence-corrected chi connectivity index (χ1v) is 32.3. The number of likely N-dealkylation sites (N-methyl/N-ethyl adjacent to an activating group) is 2. The molecule has 1 aromatic carbocycles. The van der Waals surface area contributed by atoms with E-state index in [9.17, 15) is 48.3 Å². The monoisotopic (exact) mass is 1280 g/mol. The number of aliphatic hydroxyl groups is 1. The summed E-state index contributed by atoms with van der Waals surface area (Å²) < 4.78 is 23.0. The number of methoxy groups -OCH3 is 1. The lowest BCUT2D eigenvalue weighted by Crippen LogP contribution is -2.62. The molecule has 26 heteroatoms. The van der Waals surface area contributed by atoms with Crippen LogP contribution in [0.25, 0.3) is 0 Å². The number of nitrogens with one attached hydrogen (secondary N) is 5. The predicted molar refractivity (Wildman–Crippen MR) is 332 cm³/mol. The lowest BCUT2D eigenvalue weighted by Gasteiger charge is -2.36. The van der Waals surface area contributed by atoms with Gasteiger partial charge in [0.15, 0.2) is 12.2 Å². The van der Waals surface area contributed by atoms with Crippen LogP contribution in [-0.2, 0) is 78.2 Å². The molecule has 0 spiro atoms. The van der Waals surface area contributed by atoms with Gasteiger partial charge in [0.25, 0.3) is 11.8 Å². The van der Waals surface area contributed by atoms with Crippen molar-refractivity contribution in [3.05, 3.63) is 29.8 Å². The lowest BCUT2D eigenvalue weighted by atomic mass is 9.92. The van der Waals surface area contributed by atoms with Crippen LogP contribution < -0.4 is 31.3 Å². The molecule has 4 saturated heterocycles. The van der Waals surface area contributed by atoms with Crippen molar-refractivity contribution in [1.82, 2.24) is 46.2 Å². The molecule has 0 bridgehead atoms. The maximum absolute atomic E-state index is 15.2. The molecule has 9 amide bonds. The van der Waals surface area contributed by atoms with Gasteiger partial charge in [0, 0.05) is 40.0 Å². The zero-order chi connectivity index (χ0) is 67.9. The summed E-state index contributed by atoms with van der Waals surface area (Å²) >= 11 is 0. The molecule has 0 radical (unpaired) electrons. The van der Waals surface area contributed by atoms with Gasteiger partial charge in [-0.05, 0) is 112 Å². The van der Waals surface area contributed by atoms with Crippen LogP contribution in [0.15, 0.2) is 24.3 Å². The Balaban J connectivity index is 1.52. The lowest BCUT2D eigenvalue weighted by molar-refractivity contribution is -0.163. The SMILES string of the molecule is CC[C@H](C)[C@@H]1NC(=O)[C@H](NC(=O)[C@@H](CC(C)C)N(C)C(=O)[C@@H]2CCCN2C(=O)[C@H](C)OC(=O)[C@@H](CC(C)C)NC(=O)C2CCC(=O)N2)[C@H](C)OC(=O)[C@H](Cc2ccc(OC)cc2)N(C)C(=O)[C@@H]2CCCN2C(=O)[C@H](CC(C)C)NC(=O)[C@H](C(C)C)OC(=O)C[C@@H]1O. The number of nitrogens with zero attached hydrogens (tertiary/aromatic N) is 4. The summed E-state index contributed by atoms with van der Waals surface area (Å²) in [6.45, 7) is 20.8. The molecule has 0 aromatic heterocycles. The van der Waals surface area contributed by atoms with Gasteiger partial charge in [-0.3, -0.25) is 47.9 Å². The van der Waals surface area contributed by atoms with Gasteiger partial charge in [0.1, 0.15) is 60.2 Å². The fourth-order valence-corrected chi connectivity index (χ4v) is 12.1. The van der Waals surface area contributed by atoms with Crippen LogP contribution in [0.5, 0.6) is 5.75 Å². The minimum absolute atomic E-state index is 0.0141. The minimum Gasteiger partial charge on any atom is -0.497 e. The number of hydrogen-bond acceptors (Lipinski definition) is 17. The number of amides is 9. The maximum Gasteiger partial charge on any atom is 0.329 e. The molecule has 4 heterocycles. The highest BCUT2D eigenvalue weighted by molar-refractivity contribution is 5.98. The fourth-order valence-electron chi connectivity index (χ4n) is 12.1. The van der Waals surface area contributed by atoms with E-state index in [1.165, 1.54) is 54.7 Å². The van der Waals surface area contributed by atoms with E-state index in [2.05, 4.69) is 26.6 Å². The predicted octanol–water partition coefficient (Wildman–Crippen LogP) is 2.47. The Kier molecular flexibility index (Phi) is 27.6. The number of benzene rings is 1. The quantitative estimate of drug-likeness (QED) is 0.0761. The molecule has 0 aliphatic carbocycles. The Bertz CT molecular complexity index is 2760. The number of esters is 3. The summed E-state index contributed by atoms with van der Waals surface area (Å²) in [6, 6.07) is -4.40. The summed E-state index contributed by atoms with van der Waals surface area (Å²) in [6.07, 6.45) is -4.69. The van der Waals surface area contributed by atoms with Crippen LogP contribution in [0.2, 0.25) is 0 Å². The molecule has 14 atom stereocenters. The molecular formula is C65H101N9O17. The van der Waals surface area contributed by atoms with Gasteiger partial charge in [-0.1, -0.05) is 87.8 Å². The standard InChI is InChI=1S/C65H101N9O17/c1-16-38(10)53-50(75)33-52(77)91-55(37(8)9)59(81)67-44(29-34(2)3)61(83)74-28-18-20-47(74)63(85)72(14)49(32-41-21-23-42(88-15)24-22-41)65(87)89-39(11)54(58(80)69-53)70-57(79)48(31-36(6)7)71(13)62(84)46-19-17-27-73(46)60(82)40(12)90-64(86)45(30-35(4)5)68-56(78)43-25-26-51(76)66-43/h21-24,34-40,43-50,53-55,75H,16-20,25-33H2,1-15H3,(H,66,76)(H,67,81)(H,68,78)(H,69,80)(H,70,79)/t38-,39-,40-,43?,44-,45+,46-,47-,48+,49-,50-,53-,54+,55-/m0/s1. The normalized spacial score (nSPS) is 26.4. The third kappa shape index (κ3) is 20.1. The summed E-state index contributed by atoms with van der Waals surface area (Å²) in [5.41, 5.74) is 0.569. The third-order valence-corrected chi connectivity index (χ3v) is 17.5. The molecule has 5 rings (SSSR count). The third-order valence-electron chi connectivity index (χ3n) is 17.5. The summed E-state index contributed by atoms with van der Waals surface area (Å²) in [5, 5.41) is 25.5. The Morgan fingerprint density at radius 2 is 1.45 bits per heavy atom. The number of carbonyl (C=O) groups excluding carboxylic acids is 12. The first-order chi connectivity index (χ1) is 42.8. The van der Waals surface area contributed by atoms with Crippen LogP contribution in [0.1, 0.15) is 159 Å². The van der Waals surface area contributed by atoms with Gasteiger partial charge in [0.2, 0.25) is 41.4 Å².